The average Bonchev–Trinajstić information content (AvgIpc) is 2.38. The maximum Gasteiger partial charge on any atom is 0.156 e. The Morgan fingerprint density at radius 2 is 1.94 bits per heavy atom. The van der Waals surface area contributed by atoms with Crippen LogP contribution in [0.3, 0.4) is 0 Å². The van der Waals surface area contributed by atoms with Crippen molar-refractivity contribution in [2.45, 2.75) is 39.2 Å². The van der Waals surface area contributed by atoms with Crippen LogP contribution in [0, 0.1) is 0 Å². The van der Waals surface area contributed by atoms with Crippen molar-refractivity contribution in [2.75, 3.05) is 32.7 Å². The quantitative estimate of drug-likeness (QED) is 0.239. The lowest BCUT2D eigenvalue weighted by atomic mass is 10.2. The molecule has 5 heteroatoms. The molecule has 0 aromatic heterocycles. The van der Waals surface area contributed by atoms with E-state index in [0.717, 1.165) is 26.2 Å². The van der Waals surface area contributed by atoms with Gasteiger partial charge < -0.3 is 15.8 Å². The molecule has 0 amide bonds. The molecular weight excluding hydrogens is 216 g/mol. The lowest BCUT2D eigenvalue weighted by molar-refractivity contribution is 0.119. The van der Waals surface area contributed by atoms with E-state index in [2.05, 4.69) is 21.9 Å². The molecule has 1 unspecified atom stereocenters. The Morgan fingerprint density at radius 3 is 2.47 bits per heavy atom. The zero-order chi connectivity index (χ0) is 12.7. The molecule has 3 N–H and O–H groups in total. The molecule has 1 aliphatic heterocycles. The molecule has 1 atom stereocenters. The van der Waals surface area contributed by atoms with E-state index in [9.17, 15) is 0 Å². The summed E-state index contributed by atoms with van der Waals surface area (Å²) in [7, 11) is 0. The second-order valence-electron chi connectivity index (χ2n) is 4.79. The number of hydrogen-bond donors (Lipinski definition) is 2. The van der Waals surface area contributed by atoms with Crippen molar-refractivity contribution in [3.05, 3.63) is 0 Å². The fourth-order valence-electron chi connectivity index (χ4n) is 2.23. The molecule has 17 heavy (non-hydrogen) atoms. The monoisotopic (exact) mass is 242 g/mol. The first-order valence-corrected chi connectivity index (χ1v) is 6.62. The minimum Gasteiger partial charge on any atom is -0.409 e. The van der Waals surface area contributed by atoms with Gasteiger partial charge in [-0.2, -0.15) is 0 Å². The normalized spacial score (nSPS) is 21.6. The van der Waals surface area contributed by atoms with Gasteiger partial charge in [-0.25, -0.2) is 0 Å². The summed E-state index contributed by atoms with van der Waals surface area (Å²) < 4.78 is 0. The maximum atomic E-state index is 8.66. The highest BCUT2D eigenvalue weighted by atomic mass is 16.4. The number of rotatable bonds is 6. The predicted molar refractivity (Wildman–Crippen MR) is 70.4 cm³/mol. The van der Waals surface area contributed by atoms with Gasteiger partial charge in [0, 0.05) is 26.2 Å². The van der Waals surface area contributed by atoms with Crippen molar-refractivity contribution in [1.82, 2.24) is 9.80 Å². The Kier molecular flexibility index (Phi) is 6.29. The van der Waals surface area contributed by atoms with Crippen molar-refractivity contribution in [3.8, 4) is 0 Å². The number of amidine groups is 1. The summed E-state index contributed by atoms with van der Waals surface area (Å²) in [5.41, 5.74) is 5.62. The van der Waals surface area contributed by atoms with E-state index in [4.69, 9.17) is 10.9 Å². The Morgan fingerprint density at radius 1 is 1.29 bits per heavy atom. The summed E-state index contributed by atoms with van der Waals surface area (Å²) in [5.74, 6) is 0.310. The first kappa shape index (κ1) is 14.3. The van der Waals surface area contributed by atoms with Crippen LogP contribution in [0.5, 0.6) is 0 Å². The van der Waals surface area contributed by atoms with Crippen LogP contribution in [0.2, 0.25) is 0 Å². The van der Waals surface area contributed by atoms with Crippen LogP contribution in [0.15, 0.2) is 5.16 Å². The molecular formula is C12H26N4O. The maximum absolute atomic E-state index is 8.66. The molecule has 1 heterocycles. The number of nitrogens with two attached hydrogens (primary N) is 1. The van der Waals surface area contributed by atoms with E-state index in [1.165, 1.54) is 25.8 Å². The second-order valence-corrected chi connectivity index (χ2v) is 4.79. The summed E-state index contributed by atoms with van der Waals surface area (Å²) in [6.07, 6.45) is 3.90. The minimum atomic E-state index is 0.0396. The van der Waals surface area contributed by atoms with Gasteiger partial charge in [0.15, 0.2) is 5.84 Å². The first-order chi connectivity index (χ1) is 8.19. The molecule has 0 bridgehead atoms. The van der Waals surface area contributed by atoms with Crippen molar-refractivity contribution >= 4 is 5.84 Å². The van der Waals surface area contributed by atoms with Crippen LogP contribution in [-0.2, 0) is 0 Å². The van der Waals surface area contributed by atoms with Crippen LogP contribution in [-0.4, -0.2) is 59.6 Å². The average molecular weight is 242 g/mol. The third-order valence-corrected chi connectivity index (χ3v) is 3.58. The van der Waals surface area contributed by atoms with Crippen LogP contribution < -0.4 is 5.73 Å². The molecule has 1 rings (SSSR count). The van der Waals surface area contributed by atoms with Crippen LogP contribution in [0.4, 0.5) is 0 Å². The summed E-state index contributed by atoms with van der Waals surface area (Å²) >= 11 is 0. The van der Waals surface area contributed by atoms with Gasteiger partial charge in [0.05, 0.1) is 6.04 Å². The zero-order valence-corrected chi connectivity index (χ0v) is 11.1. The highest BCUT2D eigenvalue weighted by Crippen LogP contribution is 2.08. The van der Waals surface area contributed by atoms with E-state index in [1.807, 2.05) is 6.92 Å². The molecule has 0 aromatic rings. The van der Waals surface area contributed by atoms with E-state index in [0.29, 0.717) is 5.84 Å². The van der Waals surface area contributed by atoms with Crippen molar-refractivity contribution in [2.24, 2.45) is 10.9 Å². The van der Waals surface area contributed by atoms with E-state index >= 15 is 0 Å². The summed E-state index contributed by atoms with van der Waals surface area (Å²) in [6.45, 7) is 9.62. The Balaban J connectivity index is 2.25. The summed E-state index contributed by atoms with van der Waals surface area (Å²) in [6, 6.07) is 0.0396. The third kappa shape index (κ3) is 4.52. The predicted octanol–water partition coefficient (Wildman–Crippen LogP) is 0.929. The molecule has 1 saturated heterocycles. The Bertz CT molecular complexity index is 237. The summed E-state index contributed by atoms with van der Waals surface area (Å²) in [5, 5.41) is 11.7. The fraction of sp³-hybridized carbons (Fsp3) is 0.917. The largest absolute Gasteiger partial charge is 0.409 e. The minimum absolute atomic E-state index is 0.0396. The molecule has 0 aliphatic carbocycles. The van der Waals surface area contributed by atoms with Gasteiger partial charge in [0.2, 0.25) is 0 Å². The molecule has 1 aliphatic rings. The van der Waals surface area contributed by atoms with Crippen molar-refractivity contribution < 1.29 is 5.21 Å². The van der Waals surface area contributed by atoms with Gasteiger partial charge in [-0.3, -0.25) is 4.90 Å². The molecule has 1 fully saturated rings. The highest BCUT2D eigenvalue weighted by Gasteiger charge is 2.22. The van der Waals surface area contributed by atoms with Crippen LogP contribution >= 0.6 is 0 Å². The number of piperazine rings is 1. The lowest BCUT2D eigenvalue weighted by Crippen LogP contribution is -2.53. The summed E-state index contributed by atoms with van der Waals surface area (Å²) in [4.78, 5) is 4.77. The standard InChI is InChI=1S/C12H26N4O/c1-3-4-5-6-15-7-9-16(10-8-15)11(2)12(13)14-17/h11,17H,3-10H2,1-2H3,(H2,13,14). The number of unbranched alkanes of at least 4 members (excludes halogenated alkanes) is 2. The number of oxime groups is 1. The van der Waals surface area contributed by atoms with Crippen molar-refractivity contribution in [1.29, 1.82) is 0 Å². The van der Waals surface area contributed by atoms with Gasteiger partial charge in [-0.1, -0.05) is 24.9 Å². The fourth-order valence-corrected chi connectivity index (χ4v) is 2.23. The molecule has 0 spiro atoms. The first-order valence-electron chi connectivity index (χ1n) is 6.62. The Hall–Kier alpha value is -0.810. The lowest BCUT2D eigenvalue weighted by Gasteiger charge is -2.37. The Labute approximate surface area is 104 Å². The zero-order valence-electron chi connectivity index (χ0n) is 11.1. The van der Waals surface area contributed by atoms with E-state index in [1.54, 1.807) is 0 Å². The van der Waals surface area contributed by atoms with Gasteiger partial charge in [-0.15, -0.1) is 0 Å². The van der Waals surface area contributed by atoms with Crippen molar-refractivity contribution in [3.63, 3.8) is 0 Å². The smallest absolute Gasteiger partial charge is 0.156 e. The van der Waals surface area contributed by atoms with Crippen LogP contribution in [0.1, 0.15) is 33.1 Å². The SMILES string of the molecule is CCCCCN1CCN(C(C)C(N)=NO)CC1. The van der Waals surface area contributed by atoms with Gasteiger partial charge in [0.25, 0.3) is 0 Å². The molecule has 0 aromatic carbocycles. The van der Waals surface area contributed by atoms with E-state index < -0.39 is 0 Å². The second kappa shape index (κ2) is 7.50. The van der Waals surface area contributed by atoms with Gasteiger partial charge in [0.1, 0.15) is 0 Å². The number of nitrogens with zero attached hydrogens (tertiary/aromatic N) is 3. The molecule has 100 valence electrons. The van der Waals surface area contributed by atoms with E-state index in [-0.39, 0.29) is 6.04 Å². The number of hydrogen-bond acceptors (Lipinski definition) is 4. The third-order valence-electron chi connectivity index (χ3n) is 3.58. The van der Waals surface area contributed by atoms with Crippen LogP contribution in [0.25, 0.3) is 0 Å². The van der Waals surface area contributed by atoms with Gasteiger partial charge in [-0.05, 0) is 19.9 Å². The molecule has 0 saturated carbocycles. The molecule has 5 nitrogen and oxygen atoms in total. The molecule has 0 radical (unpaired) electrons. The highest BCUT2D eigenvalue weighted by molar-refractivity contribution is 5.84. The van der Waals surface area contributed by atoms with Gasteiger partial charge >= 0.3 is 0 Å². The topological polar surface area (TPSA) is 65.1 Å².